The zero-order chi connectivity index (χ0) is 11.4. The van der Waals surface area contributed by atoms with E-state index in [1.54, 1.807) is 0 Å². The summed E-state index contributed by atoms with van der Waals surface area (Å²) >= 11 is 0. The molecule has 0 aliphatic heterocycles. The van der Waals surface area contributed by atoms with Gasteiger partial charge in [0, 0.05) is 5.92 Å². The zero-order valence-corrected chi connectivity index (χ0v) is 9.20. The Bertz CT molecular complexity index is 321. The highest BCUT2D eigenvalue weighted by Gasteiger charge is 2.20. The first kappa shape index (κ1) is 12.0. The molecule has 1 aromatic heterocycles. The van der Waals surface area contributed by atoms with E-state index in [0.717, 1.165) is 12.8 Å². The molecule has 0 spiro atoms. The molecule has 0 aliphatic rings. The lowest BCUT2D eigenvalue weighted by molar-refractivity contribution is 0.270. The lowest BCUT2D eigenvalue weighted by Crippen LogP contribution is -2.08. The van der Waals surface area contributed by atoms with Gasteiger partial charge in [0.1, 0.15) is 5.69 Å². The SMILES string of the molecule is CCC(CC)c1nn(CCO)c(N)c1F. The van der Waals surface area contributed by atoms with Crippen LogP contribution < -0.4 is 5.73 Å². The fraction of sp³-hybridized carbons (Fsp3) is 0.700. The van der Waals surface area contributed by atoms with Crippen molar-refractivity contribution in [3.63, 3.8) is 0 Å². The maximum absolute atomic E-state index is 13.7. The van der Waals surface area contributed by atoms with Crippen molar-refractivity contribution in [1.29, 1.82) is 0 Å². The second kappa shape index (κ2) is 5.11. The third-order valence-corrected chi connectivity index (χ3v) is 2.64. The molecule has 0 atom stereocenters. The fourth-order valence-electron chi connectivity index (χ4n) is 1.67. The number of rotatable bonds is 5. The number of hydrogen-bond acceptors (Lipinski definition) is 3. The van der Waals surface area contributed by atoms with Crippen molar-refractivity contribution in [3.8, 4) is 0 Å². The first-order valence-corrected chi connectivity index (χ1v) is 5.28. The molecule has 0 aromatic carbocycles. The molecule has 0 aliphatic carbocycles. The molecule has 0 saturated heterocycles. The van der Waals surface area contributed by atoms with E-state index < -0.39 is 5.82 Å². The number of nitrogens with two attached hydrogens (primary N) is 1. The van der Waals surface area contributed by atoms with Crippen LogP contribution in [0.15, 0.2) is 0 Å². The van der Waals surface area contributed by atoms with Gasteiger partial charge in [0.2, 0.25) is 0 Å². The van der Waals surface area contributed by atoms with E-state index in [1.165, 1.54) is 4.68 Å². The van der Waals surface area contributed by atoms with Crippen molar-refractivity contribution in [1.82, 2.24) is 9.78 Å². The molecule has 5 heteroatoms. The minimum Gasteiger partial charge on any atom is -0.394 e. The topological polar surface area (TPSA) is 64.1 Å². The van der Waals surface area contributed by atoms with E-state index in [1.807, 2.05) is 13.8 Å². The zero-order valence-electron chi connectivity index (χ0n) is 9.20. The predicted octanol–water partition coefficient (Wildman–Crippen LogP) is 1.50. The third-order valence-electron chi connectivity index (χ3n) is 2.64. The molecule has 0 radical (unpaired) electrons. The normalized spacial score (nSPS) is 11.3. The van der Waals surface area contributed by atoms with Crippen molar-refractivity contribution in [3.05, 3.63) is 11.5 Å². The predicted molar refractivity (Wildman–Crippen MR) is 57.0 cm³/mol. The molecular formula is C10H18FN3O. The summed E-state index contributed by atoms with van der Waals surface area (Å²) in [6.45, 7) is 4.14. The van der Waals surface area contributed by atoms with E-state index in [-0.39, 0.29) is 24.9 Å². The third kappa shape index (κ3) is 2.28. The highest BCUT2D eigenvalue weighted by molar-refractivity contribution is 5.35. The number of anilines is 1. The molecule has 1 rings (SSSR count). The molecule has 0 bridgehead atoms. The Morgan fingerprint density at radius 3 is 2.53 bits per heavy atom. The van der Waals surface area contributed by atoms with E-state index in [2.05, 4.69) is 5.10 Å². The summed E-state index contributed by atoms with van der Waals surface area (Å²) in [7, 11) is 0. The summed E-state index contributed by atoms with van der Waals surface area (Å²) in [5.74, 6) is -0.310. The van der Waals surface area contributed by atoms with Crippen molar-refractivity contribution in [2.45, 2.75) is 39.2 Å². The second-order valence-electron chi connectivity index (χ2n) is 3.54. The largest absolute Gasteiger partial charge is 0.394 e. The van der Waals surface area contributed by atoms with Crippen LogP contribution in [-0.2, 0) is 6.54 Å². The summed E-state index contributed by atoms with van der Waals surface area (Å²) < 4.78 is 15.0. The van der Waals surface area contributed by atoms with E-state index in [0.29, 0.717) is 5.69 Å². The highest BCUT2D eigenvalue weighted by Crippen LogP contribution is 2.27. The van der Waals surface area contributed by atoms with Crippen molar-refractivity contribution >= 4 is 5.82 Å². The van der Waals surface area contributed by atoms with Gasteiger partial charge in [-0.1, -0.05) is 13.8 Å². The Morgan fingerprint density at radius 2 is 2.07 bits per heavy atom. The van der Waals surface area contributed by atoms with E-state index in [4.69, 9.17) is 10.8 Å². The summed E-state index contributed by atoms with van der Waals surface area (Å²) in [4.78, 5) is 0. The molecule has 86 valence electrons. The van der Waals surface area contributed by atoms with Crippen molar-refractivity contribution < 1.29 is 9.50 Å². The molecule has 1 heterocycles. The van der Waals surface area contributed by atoms with E-state index in [9.17, 15) is 4.39 Å². The standard InChI is InChI=1S/C10H18FN3O/c1-3-7(4-2)9-8(11)10(12)14(13-9)5-6-15/h7,15H,3-6,12H2,1-2H3. The lowest BCUT2D eigenvalue weighted by Gasteiger charge is -2.07. The maximum atomic E-state index is 13.7. The van der Waals surface area contributed by atoms with Crippen LogP contribution in [-0.4, -0.2) is 21.5 Å². The van der Waals surface area contributed by atoms with E-state index >= 15 is 0 Å². The van der Waals surface area contributed by atoms with Gasteiger partial charge < -0.3 is 10.8 Å². The molecule has 3 N–H and O–H groups in total. The van der Waals surface area contributed by atoms with Crippen LogP contribution in [0.4, 0.5) is 10.2 Å². The molecule has 0 saturated carbocycles. The Hall–Kier alpha value is -1.10. The van der Waals surface area contributed by atoms with Gasteiger partial charge in [0.05, 0.1) is 13.2 Å². The van der Waals surface area contributed by atoms with Gasteiger partial charge in [-0.25, -0.2) is 9.07 Å². The number of hydrogen-bond donors (Lipinski definition) is 2. The molecular weight excluding hydrogens is 197 g/mol. The summed E-state index contributed by atoms with van der Waals surface area (Å²) in [5.41, 5.74) is 5.97. The Labute approximate surface area is 88.9 Å². The number of aliphatic hydroxyl groups excluding tert-OH is 1. The Kier molecular flexibility index (Phi) is 4.08. The van der Waals surface area contributed by atoms with Crippen LogP contribution in [0.2, 0.25) is 0 Å². The van der Waals surface area contributed by atoms with Crippen LogP contribution in [0.25, 0.3) is 0 Å². The smallest absolute Gasteiger partial charge is 0.188 e. The molecule has 4 nitrogen and oxygen atoms in total. The number of aliphatic hydroxyl groups is 1. The van der Waals surface area contributed by atoms with Crippen molar-refractivity contribution in [2.75, 3.05) is 12.3 Å². The number of aromatic nitrogens is 2. The maximum Gasteiger partial charge on any atom is 0.188 e. The van der Waals surface area contributed by atoms with Gasteiger partial charge in [-0.15, -0.1) is 0 Å². The molecule has 0 fully saturated rings. The van der Waals surface area contributed by atoms with Gasteiger partial charge in [-0.05, 0) is 12.8 Å². The summed E-state index contributed by atoms with van der Waals surface area (Å²) in [6, 6.07) is 0. The molecule has 15 heavy (non-hydrogen) atoms. The van der Waals surface area contributed by atoms with Crippen LogP contribution in [0.3, 0.4) is 0 Å². The average molecular weight is 215 g/mol. The van der Waals surface area contributed by atoms with Gasteiger partial charge >= 0.3 is 0 Å². The van der Waals surface area contributed by atoms with Gasteiger partial charge in [-0.2, -0.15) is 5.10 Å². The number of halogens is 1. The van der Waals surface area contributed by atoms with Crippen LogP contribution >= 0.6 is 0 Å². The first-order chi connectivity index (χ1) is 7.15. The van der Waals surface area contributed by atoms with Crippen LogP contribution in [0.1, 0.15) is 38.3 Å². The minimum atomic E-state index is -0.433. The van der Waals surface area contributed by atoms with Gasteiger partial charge in [0.15, 0.2) is 11.6 Å². The Morgan fingerprint density at radius 1 is 1.47 bits per heavy atom. The minimum absolute atomic E-state index is 0.0194. The van der Waals surface area contributed by atoms with Crippen LogP contribution in [0, 0.1) is 5.82 Å². The monoisotopic (exact) mass is 215 g/mol. The van der Waals surface area contributed by atoms with Gasteiger partial charge in [-0.3, -0.25) is 0 Å². The first-order valence-electron chi connectivity index (χ1n) is 5.28. The van der Waals surface area contributed by atoms with Crippen molar-refractivity contribution in [2.24, 2.45) is 0 Å². The molecule has 1 aromatic rings. The summed E-state index contributed by atoms with van der Waals surface area (Å²) in [6.07, 6.45) is 1.67. The second-order valence-corrected chi connectivity index (χ2v) is 3.54. The van der Waals surface area contributed by atoms with Crippen LogP contribution in [0.5, 0.6) is 0 Å². The highest BCUT2D eigenvalue weighted by atomic mass is 19.1. The lowest BCUT2D eigenvalue weighted by atomic mass is 9.99. The Balaban J connectivity index is 3.03. The summed E-state index contributed by atoms with van der Waals surface area (Å²) in [5, 5.41) is 12.9. The van der Waals surface area contributed by atoms with Gasteiger partial charge in [0.25, 0.3) is 0 Å². The molecule has 0 unspecified atom stereocenters. The number of nitrogens with zero attached hydrogens (tertiary/aromatic N) is 2. The average Bonchev–Trinajstić information content (AvgIpc) is 2.50. The fourth-order valence-corrected chi connectivity index (χ4v) is 1.67. The quantitative estimate of drug-likeness (QED) is 0.782. The molecule has 0 amide bonds. The number of nitrogen functional groups attached to an aromatic ring is 1.